The van der Waals surface area contributed by atoms with Crippen LogP contribution in [0.2, 0.25) is 0 Å². The highest BCUT2D eigenvalue weighted by Gasteiger charge is 2.40. The van der Waals surface area contributed by atoms with Crippen LogP contribution in [0, 0.1) is 5.92 Å². The second kappa shape index (κ2) is 5.09. The van der Waals surface area contributed by atoms with Crippen LogP contribution in [-0.4, -0.2) is 31.1 Å². The van der Waals surface area contributed by atoms with E-state index in [4.69, 9.17) is 0 Å². The third-order valence-electron chi connectivity index (χ3n) is 4.12. The van der Waals surface area contributed by atoms with Crippen LogP contribution in [0.3, 0.4) is 0 Å². The molecule has 0 radical (unpaired) electrons. The third kappa shape index (κ3) is 2.42. The van der Waals surface area contributed by atoms with Gasteiger partial charge in [0.2, 0.25) is 0 Å². The summed E-state index contributed by atoms with van der Waals surface area (Å²) in [6, 6.07) is 6.02. The summed E-state index contributed by atoms with van der Waals surface area (Å²) in [5.41, 5.74) is 0. The molecule has 3 rings (SSSR count). The Bertz CT molecular complexity index is 345. The second-order valence-corrected chi connectivity index (χ2v) is 6.37. The maximum absolute atomic E-state index is 3.36. The highest BCUT2D eigenvalue weighted by Crippen LogP contribution is 2.47. The van der Waals surface area contributed by atoms with Crippen molar-refractivity contribution in [3.8, 4) is 0 Å². The standard InChI is InChI=1S/C14H22N2S/c1-15-10-12-4-2-8-16(12)14(11-6-7-11)13-5-3-9-17-13/h3,5,9,11-12,14-15H,2,4,6-8,10H2,1H3. The van der Waals surface area contributed by atoms with Crippen LogP contribution in [0.25, 0.3) is 0 Å². The van der Waals surface area contributed by atoms with Gasteiger partial charge in [0.25, 0.3) is 0 Å². The van der Waals surface area contributed by atoms with Gasteiger partial charge >= 0.3 is 0 Å². The Morgan fingerprint density at radius 2 is 2.35 bits per heavy atom. The Kier molecular flexibility index (Phi) is 3.50. The van der Waals surface area contributed by atoms with Gasteiger partial charge in [0.1, 0.15) is 0 Å². The number of hydrogen-bond acceptors (Lipinski definition) is 3. The van der Waals surface area contributed by atoms with E-state index in [-0.39, 0.29) is 0 Å². The van der Waals surface area contributed by atoms with Gasteiger partial charge in [0.05, 0.1) is 0 Å². The van der Waals surface area contributed by atoms with Crippen LogP contribution in [0.15, 0.2) is 17.5 Å². The molecule has 1 aliphatic heterocycles. The van der Waals surface area contributed by atoms with Gasteiger partial charge in [0, 0.05) is 23.5 Å². The monoisotopic (exact) mass is 250 g/mol. The van der Waals surface area contributed by atoms with Gasteiger partial charge in [-0.25, -0.2) is 0 Å². The predicted molar refractivity (Wildman–Crippen MR) is 73.4 cm³/mol. The quantitative estimate of drug-likeness (QED) is 0.864. The molecule has 2 fully saturated rings. The average molecular weight is 250 g/mol. The van der Waals surface area contributed by atoms with E-state index in [1.54, 1.807) is 4.88 Å². The zero-order valence-electron chi connectivity index (χ0n) is 10.6. The highest BCUT2D eigenvalue weighted by atomic mass is 32.1. The van der Waals surface area contributed by atoms with Crippen LogP contribution in [0.5, 0.6) is 0 Å². The minimum atomic E-state index is 0.718. The maximum atomic E-state index is 3.36. The summed E-state index contributed by atoms with van der Waals surface area (Å²) < 4.78 is 0. The lowest BCUT2D eigenvalue weighted by Crippen LogP contribution is -2.39. The van der Waals surface area contributed by atoms with Crippen molar-refractivity contribution in [2.24, 2.45) is 5.92 Å². The summed E-state index contributed by atoms with van der Waals surface area (Å²) in [4.78, 5) is 4.37. The Morgan fingerprint density at radius 1 is 1.47 bits per heavy atom. The normalized spacial score (nSPS) is 27.5. The van der Waals surface area contributed by atoms with E-state index in [0.29, 0.717) is 0 Å². The molecule has 17 heavy (non-hydrogen) atoms. The molecule has 2 nitrogen and oxygen atoms in total. The van der Waals surface area contributed by atoms with Gasteiger partial charge in [-0.15, -0.1) is 11.3 Å². The van der Waals surface area contributed by atoms with E-state index in [9.17, 15) is 0 Å². The SMILES string of the molecule is CNCC1CCCN1C(c1cccs1)C1CC1. The van der Waals surface area contributed by atoms with Crippen molar-refractivity contribution in [3.63, 3.8) is 0 Å². The molecule has 2 atom stereocenters. The molecule has 1 N–H and O–H groups in total. The molecule has 94 valence electrons. The minimum absolute atomic E-state index is 0.718. The summed E-state index contributed by atoms with van der Waals surface area (Å²) >= 11 is 1.94. The van der Waals surface area contributed by atoms with Crippen LogP contribution in [-0.2, 0) is 0 Å². The lowest BCUT2D eigenvalue weighted by molar-refractivity contribution is 0.162. The molecule has 0 aromatic carbocycles. The first kappa shape index (κ1) is 11.7. The van der Waals surface area contributed by atoms with Crippen LogP contribution >= 0.6 is 11.3 Å². The van der Waals surface area contributed by atoms with Gasteiger partial charge in [-0.1, -0.05) is 6.07 Å². The molecule has 2 unspecified atom stereocenters. The summed E-state index contributed by atoms with van der Waals surface area (Å²) in [5.74, 6) is 0.936. The fraction of sp³-hybridized carbons (Fsp3) is 0.714. The van der Waals surface area contributed by atoms with Crippen molar-refractivity contribution in [1.29, 1.82) is 0 Å². The highest BCUT2D eigenvalue weighted by molar-refractivity contribution is 7.10. The summed E-state index contributed by atoms with van der Waals surface area (Å²) in [5, 5.41) is 5.59. The second-order valence-electron chi connectivity index (χ2n) is 5.39. The zero-order valence-corrected chi connectivity index (χ0v) is 11.4. The first-order chi connectivity index (χ1) is 8.40. The molecular weight excluding hydrogens is 228 g/mol. The molecule has 2 aliphatic rings. The van der Waals surface area contributed by atoms with Crippen molar-refractivity contribution in [2.75, 3.05) is 20.1 Å². The number of thiophene rings is 1. The van der Waals surface area contributed by atoms with Gasteiger partial charge < -0.3 is 5.32 Å². The minimum Gasteiger partial charge on any atom is -0.318 e. The predicted octanol–water partition coefficient (Wildman–Crippen LogP) is 2.88. The van der Waals surface area contributed by atoms with Gasteiger partial charge in [-0.3, -0.25) is 4.90 Å². The summed E-state index contributed by atoms with van der Waals surface area (Å²) in [6.45, 7) is 2.44. The van der Waals surface area contributed by atoms with Crippen molar-refractivity contribution in [2.45, 2.75) is 37.8 Å². The van der Waals surface area contributed by atoms with Gasteiger partial charge in [0.15, 0.2) is 0 Å². The van der Waals surface area contributed by atoms with E-state index in [0.717, 1.165) is 24.5 Å². The van der Waals surface area contributed by atoms with Crippen LogP contribution in [0.4, 0.5) is 0 Å². The Labute approximate surface area is 108 Å². The van der Waals surface area contributed by atoms with Gasteiger partial charge in [-0.05, 0) is 56.6 Å². The average Bonchev–Trinajstić information content (AvgIpc) is 2.83. The number of hydrogen-bond donors (Lipinski definition) is 1. The molecule has 0 spiro atoms. The van der Waals surface area contributed by atoms with E-state index in [2.05, 4.69) is 34.8 Å². The van der Waals surface area contributed by atoms with Crippen LogP contribution < -0.4 is 5.32 Å². The topological polar surface area (TPSA) is 15.3 Å². The number of likely N-dealkylation sites (tertiary alicyclic amines) is 1. The lowest BCUT2D eigenvalue weighted by Gasteiger charge is -2.32. The Morgan fingerprint density at radius 3 is 3.00 bits per heavy atom. The number of likely N-dealkylation sites (N-methyl/N-ethyl adjacent to an activating group) is 1. The zero-order chi connectivity index (χ0) is 11.7. The van der Waals surface area contributed by atoms with Gasteiger partial charge in [-0.2, -0.15) is 0 Å². The molecule has 0 amide bonds. The lowest BCUT2D eigenvalue weighted by atomic mass is 10.1. The molecule has 0 bridgehead atoms. The number of nitrogens with zero attached hydrogens (tertiary/aromatic N) is 1. The molecule has 1 aliphatic carbocycles. The smallest absolute Gasteiger partial charge is 0.0473 e. The maximum Gasteiger partial charge on any atom is 0.0473 e. The largest absolute Gasteiger partial charge is 0.318 e. The molecule has 2 heterocycles. The Balaban J connectivity index is 1.78. The van der Waals surface area contributed by atoms with Crippen molar-refractivity contribution in [1.82, 2.24) is 10.2 Å². The van der Waals surface area contributed by atoms with E-state index in [1.807, 2.05) is 11.3 Å². The Hall–Kier alpha value is -0.380. The van der Waals surface area contributed by atoms with E-state index >= 15 is 0 Å². The number of rotatable bonds is 5. The first-order valence-electron chi connectivity index (χ1n) is 6.84. The summed E-state index contributed by atoms with van der Waals surface area (Å²) in [7, 11) is 2.08. The molecular formula is C14H22N2S. The third-order valence-corrected chi connectivity index (χ3v) is 5.07. The van der Waals surface area contributed by atoms with E-state index < -0.39 is 0 Å². The first-order valence-corrected chi connectivity index (χ1v) is 7.72. The van der Waals surface area contributed by atoms with Crippen molar-refractivity contribution >= 4 is 11.3 Å². The van der Waals surface area contributed by atoms with E-state index in [1.165, 1.54) is 32.2 Å². The fourth-order valence-corrected chi connectivity index (χ4v) is 4.16. The summed E-state index contributed by atoms with van der Waals surface area (Å²) in [6.07, 6.45) is 5.62. The molecule has 1 aromatic rings. The van der Waals surface area contributed by atoms with Crippen LogP contribution in [0.1, 0.15) is 36.6 Å². The fourth-order valence-electron chi connectivity index (χ4n) is 3.22. The molecule has 3 heteroatoms. The van der Waals surface area contributed by atoms with Crippen molar-refractivity contribution in [3.05, 3.63) is 22.4 Å². The molecule has 1 aromatic heterocycles. The number of nitrogens with one attached hydrogen (secondary N) is 1. The van der Waals surface area contributed by atoms with Crippen molar-refractivity contribution < 1.29 is 0 Å². The molecule has 1 saturated heterocycles. The molecule has 1 saturated carbocycles.